The molecule has 0 bridgehead atoms. The molecule has 1 aliphatic carbocycles. The highest BCUT2D eigenvalue weighted by atomic mass is 28.2. The van der Waals surface area contributed by atoms with Crippen LogP contribution in [0.4, 0.5) is 0 Å². The van der Waals surface area contributed by atoms with E-state index in [-0.39, 0.29) is 14.9 Å². The Morgan fingerprint density at radius 3 is 2.32 bits per heavy atom. The van der Waals surface area contributed by atoms with Gasteiger partial charge in [-0.3, -0.25) is 0 Å². The maximum Gasteiger partial charge on any atom is 0.142 e. The Morgan fingerprint density at radius 2 is 1.74 bits per heavy atom. The van der Waals surface area contributed by atoms with Crippen molar-refractivity contribution in [1.82, 2.24) is 5.32 Å². The van der Waals surface area contributed by atoms with Gasteiger partial charge in [0.2, 0.25) is 0 Å². The summed E-state index contributed by atoms with van der Waals surface area (Å²) in [6.07, 6.45) is 8.31. The molecule has 114 valence electrons. The van der Waals surface area contributed by atoms with Gasteiger partial charge in [0.25, 0.3) is 0 Å². The Kier molecular flexibility index (Phi) is 8.95. The lowest BCUT2D eigenvalue weighted by molar-refractivity contribution is -0.163. The van der Waals surface area contributed by atoms with Gasteiger partial charge in [0.15, 0.2) is 0 Å². The van der Waals surface area contributed by atoms with Crippen molar-refractivity contribution in [3.8, 4) is 0 Å². The predicted octanol–water partition coefficient (Wildman–Crippen LogP) is 2.63. The average molecular weight is 288 g/mol. The summed E-state index contributed by atoms with van der Waals surface area (Å²) in [5.41, 5.74) is -0.242. The molecule has 0 unspecified atom stereocenters. The number of rotatable bonds is 10. The van der Waals surface area contributed by atoms with Crippen molar-refractivity contribution in [1.29, 1.82) is 0 Å². The lowest BCUT2D eigenvalue weighted by Gasteiger charge is -2.29. The fourth-order valence-corrected chi connectivity index (χ4v) is 4.82. The van der Waals surface area contributed by atoms with Gasteiger partial charge in [-0.05, 0) is 46.6 Å². The molecule has 1 saturated carbocycles. The molecule has 0 amide bonds. The number of hydrogen-bond donors (Lipinski definition) is 1. The molecule has 0 heterocycles. The smallest absolute Gasteiger partial charge is 0.142 e. The minimum Gasteiger partial charge on any atom is -0.355 e. The normalized spacial score (nSPS) is 18.5. The fourth-order valence-electron chi connectivity index (χ4n) is 2.98. The Hall–Kier alpha value is 0.0969. The van der Waals surface area contributed by atoms with Gasteiger partial charge in [0.1, 0.15) is 5.41 Å². The first-order chi connectivity index (χ1) is 9.20. The van der Waals surface area contributed by atoms with Gasteiger partial charge in [0.05, 0.1) is 9.52 Å². The highest BCUT2D eigenvalue weighted by molar-refractivity contribution is 6.38. The zero-order chi connectivity index (χ0) is 14.0. The SMILES string of the molecule is CCOC(C)(OCC)[SiH2]CCCNC1CCCCC1. The van der Waals surface area contributed by atoms with E-state index in [9.17, 15) is 0 Å². The lowest BCUT2D eigenvalue weighted by atomic mass is 9.95. The van der Waals surface area contributed by atoms with Gasteiger partial charge in [-0.2, -0.15) is 0 Å². The molecule has 0 aliphatic heterocycles. The van der Waals surface area contributed by atoms with Crippen molar-refractivity contribution in [3.05, 3.63) is 0 Å². The van der Waals surface area contributed by atoms with Crippen LogP contribution in [0.1, 0.15) is 59.3 Å². The van der Waals surface area contributed by atoms with E-state index in [0.717, 1.165) is 19.3 Å². The third kappa shape index (κ3) is 7.44. The lowest BCUT2D eigenvalue weighted by Crippen LogP contribution is -2.39. The molecule has 1 fully saturated rings. The van der Waals surface area contributed by atoms with Crippen LogP contribution in [-0.2, 0) is 9.47 Å². The first-order valence-corrected chi connectivity index (χ1v) is 9.92. The summed E-state index contributed by atoms with van der Waals surface area (Å²) in [5, 5.41) is 3.71. The zero-order valence-corrected chi connectivity index (χ0v) is 14.6. The highest BCUT2D eigenvalue weighted by Gasteiger charge is 2.24. The topological polar surface area (TPSA) is 30.5 Å². The molecular formula is C15H33NO2Si. The maximum absolute atomic E-state index is 5.79. The third-order valence-electron chi connectivity index (χ3n) is 4.00. The van der Waals surface area contributed by atoms with E-state index < -0.39 is 0 Å². The summed E-state index contributed by atoms with van der Waals surface area (Å²) in [5.74, 6) is 0. The van der Waals surface area contributed by atoms with E-state index in [1.54, 1.807) is 0 Å². The molecule has 0 aromatic heterocycles. The van der Waals surface area contributed by atoms with E-state index in [1.807, 2.05) is 0 Å². The second-order valence-electron chi connectivity index (χ2n) is 5.75. The summed E-state index contributed by atoms with van der Waals surface area (Å²) in [6, 6.07) is 2.09. The van der Waals surface area contributed by atoms with Gasteiger partial charge < -0.3 is 14.8 Å². The van der Waals surface area contributed by atoms with Crippen LogP contribution in [0, 0.1) is 0 Å². The van der Waals surface area contributed by atoms with Crippen LogP contribution < -0.4 is 5.32 Å². The molecule has 1 rings (SSSR count). The molecule has 4 heteroatoms. The van der Waals surface area contributed by atoms with Crippen molar-refractivity contribution in [3.63, 3.8) is 0 Å². The minimum absolute atomic E-state index is 0.242. The molecule has 0 radical (unpaired) electrons. The molecule has 0 aromatic carbocycles. The van der Waals surface area contributed by atoms with Gasteiger partial charge in [0, 0.05) is 19.3 Å². The number of nitrogens with one attached hydrogen (secondary N) is 1. The van der Waals surface area contributed by atoms with Crippen molar-refractivity contribution in [2.24, 2.45) is 0 Å². The van der Waals surface area contributed by atoms with E-state index in [4.69, 9.17) is 9.47 Å². The van der Waals surface area contributed by atoms with Crippen molar-refractivity contribution in [2.75, 3.05) is 19.8 Å². The summed E-state index contributed by atoms with van der Waals surface area (Å²) < 4.78 is 11.6. The summed E-state index contributed by atoms with van der Waals surface area (Å²) in [6.45, 7) is 8.91. The molecule has 0 atom stereocenters. The Bertz CT molecular complexity index is 214. The first kappa shape index (κ1) is 17.1. The molecule has 0 spiro atoms. The van der Waals surface area contributed by atoms with E-state index in [2.05, 4.69) is 26.1 Å². The monoisotopic (exact) mass is 287 g/mol. The summed E-state index contributed by atoms with van der Waals surface area (Å²) in [4.78, 5) is 0. The summed E-state index contributed by atoms with van der Waals surface area (Å²) >= 11 is 0. The standard InChI is InChI=1S/C15H33NO2Si/c1-4-17-15(3,18-5-2)19-13-9-12-16-14-10-7-6-8-11-14/h14,16H,4-13,19H2,1-3H3. The van der Waals surface area contributed by atoms with E-state index >= 15 is 0 Å². The highest BCUT2D eigenvalue weighted by Crippen LogP contribution is 2.17. The van der Waals surface area contributed by atoms with Crippen LogP contribution in [0.15, 0.2) is 0 Å². The second kappa shape index (κ2) is 9.92. The van der Waals surface area contributed by atoms with E-state index in [0.29, 0.717) is 0 Å². The van der Waals surface area contributed by atoms with Crippen LogP contribution in [0.25, 0.3) is 0 Å². The first-order valence-electron chi connectivity index (χ1n) is 8.21. The van der Waals surface area contributed by atoms with Crippen LogP contribution in [0.5, 0.6) is 0 Å². The molecule has 19 heavy (non-hydrogen) atoms. The van der Waals surface area contributed by atoms with Crippen LogP contribution >= 0.6 is 0 Å². The van der Waals surface area contributed by atoms with Gasteiger partial charge >= 0.3 is 0 Å². The van der Waals surface area contributed by atoms with Gasteiger partial charge in [-0.25, -0.2) is 0 Å². The number of hydrogen-bond acceptors (Lipinski definition) is 3. The maximum atomic E-state index is 5.79. The van der Waals surface area contributed by atoms with Crippen LogP contribution in [0.2, 0.25) is 6.04 Å². The van der Waals surface area contributed by atoms with Gasteiger partial charge in [-0.15, -0.1) is 0 Å². The van der Waals surface area contributed by atoms with E-state index in [1.165, 1.54) is 51.1 Å². The molecule has 3 nitrogen and oxygen atoms in total. The second-order valence-corrected chi connectivity index (χ2v) is 8.24. The third-order valence-corrected chi connectivity index (χ3v) is 6.17. The molecule has 1 aliphatic rings. The summed E-state index contributed by atoms with van der Waals surface area (Å²) in [7, 11) is -0.326. The molecule has 0 aromatic rings. The van der Waals surface area contributed by atoms with Crippen LogP contribution in [0.3, 0.4) is 0 Å². The average Bonchev–Trinajstić information content (AvgIpc) is 2.40. The van der Waals surface area contributed by atoms with Crippen molar-refractivity contribution in [2.45, 2.75) is 76.8 Å². The van der Waals surface area contributed by atoms with Gasteiger partial charge in [-0.1, -0.05) is 25.3 Å². The zero-order valence-electron chi connectivity index (χ0n) is 13.2. The quantitative estimate of drug-likeness (QED) is 0.381. The Balaban J connectivity index is 2.07. The van der Waals surface area contributed by atoms with Crippen molar-refractivity contribution >= 4 is 9.52 Å². The Morgan fingerprint density at radius 1 is 1.11 bits per heavy atom. The fraction of sp³-hybridized carbons (Fsp3) is 1.00. The van der Waals surface area contributed by atoms with Crippen LogP contribution in [-0.4, -0.2) is 40.7 Å². The minimum atomic E-state index is -0.326. The number of ether oxygens (including phenoxy) is 2. The molecule has 0 saturated heterocycles. The Labute approximate surface area is 121 Å². The predicted molar refractivity (Wildman–Crippen MR) is 84.5 cm³/mol. The molecular weight excluding hydrogens is 254 g/mol. The van der Waals surface area contributed by atoms with Crippen molar-refractivity contribution < 1.29 is 9.47 Å². The molecule has 1 N–H and O–H groups in total. The largest absolute Gasteiger partial charge is 0.355 e.